The second kappa shape index (κ2) is 13.6. The zero-order valence-electron chi connectivity index (χ0n) is 13.8. The first-order chi connectivity index (χ1) is 10.2. The molecule has 0 radical (unpaired) electrons. The predicted molar refractivity (Wildman–Crippen MR) is 103 cm³/mol. The van der Waals surface area contributed by atoms with Gasteiger partial charge < -0.3 is 15.4 Å². The molecule has 0 aliphatic rings. The van der Waals surface area contributed by atoms with E-state index in [-0.39, 0.29) is 24.0 Å². The summed E-state index contributed by atoms with van der Waals surface area (Å²) in [5.41, 5.74) is 0. The van der Waals surface area contributed by atoms with Gasteiger partial charge in [-0.2, -0.15) is 0 Å². The second-order valence-corrected chi connectivity index (χ2v) is 5.26. The number of halogens is 1. The first kappa shape index (κ1) is 20.9. The molecular weight excluding hydrogens is 391 g/mol. The van der Waals surface area contributed by atoms with Crippen molar-refractivity contribution in [1.29, 1.82) is 0 Å². The predicted octanol–water partition coefficient (Wildman–Crippen LogP) is 3.07. The fourth-order valence-corrected chi connectivity index (χ4v) is 1.80. The molecule has 0 amide bonds. The lowest BCUT2D eigenvalue weighted by Gasteiger charge is -2.12. The highest BCUT2D eigenvalue weighted by atomic mass is 127. The zero-order valence-corrected chi connectivity index (χ0v) is 16.2. The molecule has 5 nitrogen and oxygen atoms in total. The summed E-state index contributed by atoms with van der Waals surface area (Å²) < 4.78 is 5.58. The Bertz CT molecular complexity index is 398. The van der Waals surface area contributed by atoms with E-state index in [1.165, 1.54) is 6.42 Å². The Balaban J connectivity index is 0.00000441. The van der Waals surface area contributed by atoms with Gasteiger partial charge in [0.1, 0.15) is 12.4 Å². The highest BCUT2D eigenvalue weighted by Gasteiger charge is 1.98. The van der Waals surface area contributed by atoms with Gasteiger partial charge in [0.15, 0.2) is 5.96 Å². The van der Waals surface area contributed by atoms with Crippen molar-refractivity contribution in [1.82, 2.24) is 15.6 Å². The maximum absolute atomic E-state index is 5.58. The normalized spacial score (nSPS) is 11.0. The molecule has 0 unspecified atom stereocenters. The van der Waals surface area contributed by atoms with E-state index >= 15 is 0 Å². The van der Waals surface area contributed by atoms with Gasteiger partial charge in [-0.3, -0.25) is 9.98 Å². The van der Waals surface area contributed by atoms with Crippen LogP contribution in [0.1, 0.15) is 33.6 Å². The quantitative estimate of drug-likeness (QED) is 0.279. The summed E-state index contributed by atoms with van der Waals surface area (Å²) in [5.74, 6) is 2.39. The van der Waals surface area contributed by atoms with Crippen LogP contribution in [0.5, 0.6) is 5.75 Å². The molecule has 0 saturated heterocycles. The van der Waals surface area contributed by atoms with Crippen LogP contribution in [0.4, 0.5) is 0 Å². The third kappa shape index (κ3) is 10.6. The van der Waals surface area contributed by atoms with Crippen LogP contribution in [0.25, 0.3) is 0 Å². The number of pyridine rings is 1. The molecule has 1 aromatic rings. The molecular formula is C16H29IN4O. The molecule has 22 heavy (non-hydrogen) atoms. The van der Waals surface area contributed by atoms with Gasteiger partial charge in [0.25, 0.3) is 0 Å². The summed E-state index contributed by atoms with van der Waals surface area (Å²) in [5, 5.41) is 6.51. The summed E-state index contributed by atoms with van der Waals surface area (Å²) in [6.07, 6.45) is 5.79. The largest absolute Gasteiger partial charge is 0.490 e. The molecule has 0 saturated carbocycles. The van der Waals surface area contributed by atoms with Gasteiger partial charge in [-0.1, -0.05) is 13.8 Å². The van der Waals surface area contributed by atoms with E-state index in [9.17, 15) is 0 Å². The van der Waals surface area contributed by atoms with Gasteiger partial charge >= 0.3 is 0 Å². The van der Waals surface area contributed by atoms with E-state index in [0.29, 0.717) is 13.2 Å². The Morgan fingerprint density at radius 1 is 1.36 bits per heavy atom. The van der Waals surface area contributed by atoms with Crippen LogP contribution in [0.3, 0.4) is 0 Å². The van der Waals surface area contributed by atoms with Crippen molar-refractivity contribution in [2.24, 2.45) is 10.9 Å². The fraction of sp³-hybridized carbons (Fsp3) is 0.625. The van der Waals surface area contributed by atoms with Crippen LogP contribution in [0.15, 0.2) is 29.5 Å². The molecule has 126 valence electrons. The number of aromatic nitrogens is 1. The Kier molecular flexibility index (Phi) is 13.0. The Morgan fingerprint density at radius 3 is 2.82 bits per heavy atom. The molecule has 0 spiro atoms. The van der Waals surface area contributed by atoms with Crippen molar-refractivity contribution in [2.75, 3.05) is 26.2 Å². The minimum Gasteiger partial charge on any atom is -0.490 e. The Hall–Kier alpha value is -1.05. The van der Waals surface area contributed by atoms with Crippen molar-refractivity contribution in [3.8, 4) is 5.75 Å². The molecule has 0 atom stereocenters. The van der Waals surface area contributed by atoms with Gasteiger partial charge in [0.2, 0.25) is 0 Å². The molecule has 6 heteroatoms. The summed E-state index contributed by atoms with van der Waals surface area (Å²) in [7, 11) is 0. The van der Waals surface area contributed by atoms with Crippen LogP contribution in [-0.2, 0) is 0 Å². The topological polar surface area (TPSA) is 58.5 Å². The molecule has 1 aromatic heterocycles. The maximum Gasteiger partial charge on any atom is 0.191 e. The fourth-order valence-electron chi connectivity index (χ4n) is 1.80. The first-order valence-electron chi connectivity index (χ1n) is 7.77. The van der Waals surface area contributed by atoms with E-state index in [2.05, 4.69) is 41.4 Å². The van der Waals surface area contributed by atoms with Gasteiger partial charge in [-0.15, -0.1) is 24.0 Å². The summed E-state index contributed by atoms with van der Waals surface area (Å²) in [4.78, 5) is 8.57. The number of hydrogen-bond donors (Lipinski definition) is 2. The second-order valence-electron chi connectivity index (χ2n) is 5.26. The molecule has 2 N–H and O–H groups in total. The van der Waals surface area contributed by atoms with E-state index in [0.717, 1.165) is 37.1 Å². The first-order valence-corrected chi connectivity index (χ1v) is 7.77. The number of rotatable bonds is 9. The molecule has 1 rings (SSSR count). The molecule has 0 aromatic carbocycles. The van der Waals surface area contributed by atoms with Crippen molar-refractivity contribution in [3.05, 3.63) is 24.5 Å². The summed E-state index contributed by atoms with van der Waals surface area (Å²) in [6.45, 7) is 9.56. The SMILES string of the molecule is CCNC(=NCCCC(C)C)NCCOc1cccnc1.I. The maximum atomic E-state index is 5.58. The number of nitrogens with one attached hydrogen (secondary N) is 2. The van der Waals surface area contributed by atoms with Crippen molar-refractivity contribution in [3.63, 3.8) is 0 Å². The molecule has 0 bridgehead atoms. The van der Waals surface area contributed by atoms with Crippen LogP contribution < -0.4 is 15.4 Å². The summed E-state index contributed by atoms with van der Waals surface area (Å²) in [6, 6.07) is 3.77. The van der Waals surface area contributed by atoms with Crippen LogP contribution >= 0.6 is 24.0 Å². The summed E-state index contributed by atoms with van der Waals surface area (Å²) >= 11 is 0. The van der Waals surface area contributed by atoms with E-state index < -0.39 is 0 Å². The van der Waals surface area contributed by atoms with Crippen LogP contribution in [-0.4, -0.2) is 37.2 Å². The average molecular weight is 420 g/mol. The minimum atomic E-state index is 0. The van der Waals surface area contributed by atoms with Crippen molar-refractivity contribution in [2.45, 2.75) is 33.6 Å². The van der Waals surface area contributed by atoms with Crippen LogP contribution in [0, 0.1) is 5.92 Å². The average Bonchev–Trinajstić information content (AvgIpc) is 2.48. The number of nitrogens with zero attached hydrogens (tertiary/aromatic N) is 2. The third-order valence-electron chi connectivity index (χ3n) is 2.85. The van der Waals surface area contributed by atoms with Gasteiger partial charge in [0, 0.05) is 19.3 Å². The highest BCUT2D eigenvalue weighted by molar-refractivity contribution is 14.0. The lowest BCUT2D eigenvalue weighted by molar-refractivity contribution is 0.320. The van der Waals surface area contributed by atoms with E-state index in [4.69, 9.17) is 4.74 Å². The van der Waals surface area contributed by atoms with Gasteiger partial charge in [-0.05, 0) is 37.8 Å². The highest BCUT2D eigenvalue weighted by Crippen LogP contribution is 2.05. The minimum absolute atomic E-state index is 0. The van der Waals surface area contributed by atoms with Crippen molar-refractivity contribution < 1.29 is 4.74 Å². The standard InChI is InChI=1S/C16H28N4O.HI/c1-4-18-16(19-10-5-7-14(2)3)20-11-12-21-15-8-6-9-17-13-15;/h6,8-9,13-14H,4-5,7,10-12H2,1-3H3,(H2,18,19,20);1H. The number of ether oxygens (including phenoxy) is 1. The number of hydrogen-bond acceptors (Lipinski definition) is 3. The van der Waals surface area contributed by atoms with Gasteiger partial charge in [0.05, 0.1) is 12.7 Å². The van der Waals surface area contributed by atoms with E-state index in [1.54, 1.807) is 12.4 Å². The monoisotopic (exact) mass is 420 g/mol. The number of guanidine groups is 1. The Labute approximate surface area is 151 Å². The molecule has 0 fully saturated rings. The molecule has 0 aliphatic heterocycles. The number of aliphatic imine (C=N–C) groups is 1. The van der Waals surface area contributed by atoms with Crippen LogP contribution in [0.2, 0.25) is 0 Å². The Morgan fingerprint density at radius 2 is 2.18 bits per heavy atom. The zero-order chi connectivity index (χ0) is 15.3. The lowest BCUT2D eigenvalue weighted by atomic mass is 10.1. The lowest BCUT2D eigenvalue weighted by Crippen LogP contribution is -2.39. The molecule has 1 heterocycles. The van der Waals surface area contributed by atoms with Gasteiger partial charge in [-0.25, -0.2) is 0 Å². The molecule has 0 aliphatic carbocycles. The van der Waals surface area contributed by atoms with E-state index in [1.807, 2.05) is 12.1 Å². The third-order valence-corrected chi connectivity index (χ3v) is 2.85. The van der Waals surface area contributed by atoms with Crippen molar-refractivity contribution >= 4 is 29.9 Å². The smallest absolute Gasteiger partial charge is 0.191 e.